The highest BCUT2D eigenvalue weighted by atomic mass is 79.9. The third-order valence-corrected chi connectivity index (χ3v) is 2.87. The van der Waals surface area contributed by atoms with Crippen LogP contribution in [0.2, 0.25) is 0 Å². The maximum Gasteiger partial charge on any atom is 0.387 e. The van der Waals surface area contributed by atoms with Gasteiger partial charge in [0.15, 0.2) is 6.20 Å². The van der Waals surface area contributed by atoms with E-state index in [0.717, 1.165) is 30.4 Å². The predicted molar refractivity (Wildman–Crippen MR) is 60.0 cm³/mol. The largest absolute Gasteiger partial charge is 0.387 e. The number of hydrogen-bond acceptors (Lipinski definition) is 4. The summed E-state index contributed by atoms with van der Waals surface area (Å²) >= 11 is 3.28. The Bertz CT molecular complexity index is 391. The summed E-state index contributed by atoms with van der Waals surface area (Å²) in [5.74, 6) is -0.0555. The Morgan fingerprint density at radius 1 is 1.47 bits per heavy atom. The monoisotopic (exact) mass is 271 g/mol. The van der Waals surface area contributed by atoms with Crippen LogP contribution in [0.25, 0.3) is 0 Å². The summed E-state index contributed by atoms with van der Waals surface area (Å²) in [6.45, 7) is 1.75. The van der Waals surface area contributed by atoms with E-state index >= 15 is 0 Å². The van der Waals surface area contributed by atoms with Gasteiger partial charge in [-0.25, -0.2) is 0 Å². The van der Waals surface area contributed by atoms with Crippen LogP contribution in [0.5, 0.6) is 0 Å². The van der Waals surface area contributed by atoms with Gasteiger partial charge in [-0.2, -0.15) is 0 Å². The molecule has 1 aromatic rings. The van der Waals surface area contributed by atoms with Gasteiger partial charge in [0.25, 0.3) is 0 Å². The van der Waals surface area contributed by atoms with Crippen molar-refractivity contribution < 1.29 is 4.92 Å². The molecule has 0 radical (unpaired) electrons. The van der Waals surface area contributed by atoms with Crippen LogP contribution in [0, 0.1) is 10.1 Å². The third kappa shape index (κ3) is 2.09. The zero-order valence-corrected chi connectivity index (χ0v) is 9.61. The molecule has 0 saturated carbocycles. The summed E-state index contributed by atoms with van der Waals surface area (Å²) in [7, 11) is 0. The van der Waals surface area contributed by atoms with Crippen LogP contribution in [-0.4, -0.2) is 23.0 Å². The number of anilines is 1. The molecule has 1 aromatic heterocycles. The van der Waals surface area contributed by atoms with Crippen molar-refractivity contribution in [2.45, 2.75) is 12.8 Å². The molecule has 1 fully saturated rings. The number of aromatic nitrogens is 1. The topological polar surface area (TPSA) is 59.3 Å². The molecule has 0 amide bonds. The van der Waals surface area contributed by atoms with E-state index < -0.39 is 4.92 Å². The van der Waals surface area contributed by atoms with Crippen LogP contribution in [-0.2, 0) is 0 Å². The van der Waals surface area contributed by atoms with Crippen molar-refractivity contribution in [1.29, 1.82) is 0 Å². The molecule has 0 unspecified atom stereocenters. The zero-order valence-electron chi connectivity index (χ0n) is 8.02. The van der Waals surface area contributed by atoms with E-state index in [4.69, 9.17) is 0 Å². The fraction of sp³-hybridized carbons (Fsp3) is 0.444. The molecule has 0 bridgehead atoms. The lowest BCUT2D eigenvalue weighted by molar-refractivity contribution is -0.388. The van der Waals surface area contributed by atoms with E-state index in [0.29, 0.717) is 5.69 Å². The molecule has 1 aliphatic rings. The minimum absolute atomic E-state index is 0.0555. The Balaban J connectivity index is 2.41. The van der Waals surface area contributed by atoms with Crippen molar-refractivity contribution in [1.82, 2.24) is 4.98 Å². The fourth-order valence-electron chi connectivity index (χ4n) is 1.75. The predicted octanol–water partition coefficient (Wildman–Crippen LogP) is 2.35. The summed E-state index contributed by atoms with van der Waals surface area (Å²) in [5, 5.41) is 10.8. The highest BCUT2D eigenvalue weighted by molar-refractivity contribution is 9.10. The van der Waals surface area contributed by atoms with Gasteiger partial charge in [0.1, 0.15) is 5.69 Å². The van der Waals surface area contributed by atoms with Crippen molar-refractivity contribution in [3.05, 3.63) is 26.9 Å². The highest BCUT2D eigenvalue weighted by Gasteiger charge is 2.23. The molecule has 0 N–H and O–H groups in total. The standard InChI is InChI=1S/C9H10BrN3O2/c10-7-5-8(12-3-1-2-4-12)9(11-6-7)13(14)15/h5-6H,1-4H2. The first kappa shape index (κ1) is 10.4. The molecule has 0 atom stereocenters. The third-order valence-electron chi connectivity index (χ3n) is 2.43. The highest BCUT2D eigenvalue weighted by Crippen LogP contribution is 2.30. The summed E-state index contributed by atoms with van der Waals surface area (Å²) in [4.78, 5) is 16.2. The van der Waals surface area contributed by atoms with E-state index in [2.05, 4.69) is 20.9 Å². The van der Waals surface area contributed by atoms with Crippen molar-refractivity contribution in [2.24, 2.45) is 0 Å². The Morgan fingerprint density at radius 3 is 2.73 bits per heavy atom. The first-order valence-corrected chi connectivity index (χ1v) is 5.52. The summed E-state index contributed by atoms with van der Waals surface area (Å²) in [6, 6.07) is 1.76. The molecule has 0 spiro atoms. The summed E-state index contributed by atoms with van der Waals surface area (Å²) < 4.78 is 0.773. The van der Waals surface area contributed by atoms with Crippen LogP contribution in [0.1, 0.15) is 12.8 Å². The second-order valence-electron chi connectivity index (χ2n) is 3.45. The van der Waals surface area contributed by atoms with Gasteiger partial charge in [-0.15, -0.1) is 0 Å². The SMILES string of the molecule is O=[N+]([O-])c1ncc(Br)cc1N1CCCC1. The summed E-state index contributed by atoms with van der Waals surface area (Å²) in [5.41, 5.74) is 0.617. The van der Waals surface area contributed by atoms with Gasteiger partial charge in [0.2, 0.25) is 0 Å². The average Bonchev–Trinajstić information content (AvgIpc) is 2.69. The Kier molecular flexibility index (Phi) is 2.86. The lowest BCUT2D eigenvalue weighted by atomic mass is 10.3. The van der Waals surface area contributed by atoms with Crippen molar-refractivity contribution in [3.8, 4) is 0 Å². The second-order valence-corrected chi connectivity index (χ2v) is 4.36. The normalized spacial score (nSPS) is 15.7. The summed E-state index contributed by atoms with van der Waals surface area (Å²) in [6.07, 6.45) is 3.63. The lowest BCUT2D eigenvalue weighted by Gasteiger charge is -2.16. The number of rotatable bonds is 2. The fourth-order valence-corrected chi connectivity index (χ4v) is 2.07. The quantitative estimate of drug-likeness (QED) is 0.612. The van der Waals surface area contributed by atoms with Gasteiger partial charge in [-0.3, -0.25) is 0 Å². The van der Waals surface area contributed by atoms with E-state index in [9.17, 15) is 10.1 Å². The molecule has 6 heteroatoms. The number of pyridine rings is 1. The van der Waals surface area contributed by atoms with Gasteiger partial charge in [-0.05, 0) is 44.7 Å². The molecule has 2 rings (SSSR count). The molecular weight excluding hydrogens is 262 g/mol. The molecular formula is C9H10BrN3O2. The number of halogens is 1. The Morgan fingerprint density at radius 2 is 2.13 bits per heavy atom. The second kappa shape index (κ2) is 4.14. The molecule has 1 aliphatic heterocycles. The van der Waals surface area contributed by atoms with E-state index in [-0.39, 0.29) is 5.82 Å². The maximum atomic E-state index is 10.8. The lowest BCUT2D eigenvalue weighted by Crippen LogP contribution is -2.19. The Hall–Kier alpha value is -1.17. The number of nitro groups is 1. The molecule has 80 valence electrons. The van der Waals surface area contributed by atoms with E-state index in [1.54, 1.807) is 6.07 Å². The first-order valence-electron chi connectivity index (χ1n) is 4.73. The molecule has 15 heavy (non-hydrogen) atoms. The van der Waals surface area contributed by atoms with Crippen LogP contribution in [0.4, 0.5) is 11.5 Å². The molecule has 0 aliphatic carbocycles. The number of hydrogen-bond donors (Lipinski definition) is 0. The zero-order chi connectivity index (χ0) is 10.8. The van der Waals surface area contributed by atoms with Crippen molar-refractivity contribution in [2.75, 3.05) is 18.0 Å². The van der Waals surface area contributed by atoms with Gasteiger partial charge < -0.3 is 15.0 Å². The van der Waals surface area contributed by atoms with E-state index in [1.165, 1.54) is 6.20 Å². The van der Waals surface area contributed by atoms with Crippen LogP contribution >= 0.6 is 15.9 Å². The molecule has 1 saturated heterocycles. The average molecular weight is 272 g/mol. The van der Waals surface area contributed by atoms with Crippen LogP contribution in [0.3, 0.4) is 0 Å². The van der Waals surface area contributed by atoms with Crippen molar-refractivity contribution >= 4 is 27.4 Å². The van der Waals surface area contributed by atoms with Gasteiger partial charge in [-0.1, -0.05) is 0 Å². The molecule has 5 nitrogen and oxygen atoms in total. The minimum Gasteiger partial charge on any atom is -0.365 e. The minimum atomic E-state index is -0.430. The van der Waals surface area contributed by atoms with Crippen LogP contribution in [0.15, 0.2) is 16.7 Å². The maximum absolute atomic E-state index is 10.8. The van der Waals surface area contributed by atoms with Crippen molar-refractivity contribution in [3.63, 3.8) is 0 Å². The number of nitrogens with zero attached hydrogens (tertiary/aromatic N) is 3. The first-order chi connectivity index (χ1) is 7.18. The van der Waals surface area contributed by atoms with Gasteiger partial charge in [0, 0.05) is 13.1 Å². The van der Waals surface area contributed by atoms with Crippen LogP contribution < -0.4 is 4.90 Å². The van der Waals surface area contributed by atoms with E-state index in [1.807, 2.05) is 4.90 Å². The van der Waals surface area contributed by atoms with Gasteiger partial charge >= 0.3 is 5.82 Å². The Labute approximate surface area is 95.4 Å². The van der Waals surface area contributed by atoms with Gasteiger partial charge in [0.05, 0.1) is 4.47 Å². The smallest absolute Gasteiger partial charge is 0.365 e. The molecule has 0 aromatic carbocycles. The molecule has 2 heterocycles.